The molecule has 3 N–H and O–H groups in total. The Morgan fingerprint density at radius 3 is 2.41 bits per heavy atom. The van der Waals surface area contributed by atoms with E-state index in [2.05, 4.69) is 15.7 Å². The highest BCUT2D eigenvalue weighted by molar-refractivity contribution is 5.96. The second-order valence-electron chi connectivity index (χ2n) is 6.45. The fraction of sp³-hybridized carbons (Fsp3) is 0.368. The van der Waals surface area contributed by atoms with Gasteiger partial charge in [-0.1, -0.05) is 0 Å². The van der Waals surface area contributed by atoms with Crippen molar-refractivity contribution >= 4 is 23.5 Å². The molecule has 0 saturated heterocycles. The van der Waals surface area contributed by atoms with Gasteiger partial charge in [-0.25, -0.2) is 0 Å². The first kappa shape index (κ1) is 20.2. The maximum absolute atomic E-state index is 12.3. The van der Waals surface area contributed by atoms with Gasteiger partial charge >= 0.3 is 5.97 Å². The number of carboxylic acids is 1. The second-order valence-corrected chi connectivity index (χ2v) is 6.45. The summed E-state index contributed by atoms with van der Waals surface area (Å²) in [7, 11) is 0. The third-order valence-corrected chi connectivity index (χ3v) is 4.00. The number of carboxylic acid groups (broad SMARTS) is 1. The largest absolute Gasteiger partial charge is 0.481 e. The van der Waals surface area contributed by atoms with Crippen LogP contribution in [0.25, 0.3) is 0 Å². The minimum absolute atomic E-state index is 0.0663. The van der Waals surface area contributed by atoms with Gasteiger partial charge in [0.05, 0.1) is 18.2 Å². The number of carbonyl (C=O) groups excluding carboxylic acids is 2. The van der Waals surface area contributed by atoms with Gasteiger partial charge < -0.3 is 15.7 Å². The van der Waals surface area contributed by atoms with E-state index in [0.29, 0.717) is 11.3 Å². The Bertz CT molecular complexity index is 827. The summed E-state index contributed by atoms with van der Waals surface area (Å²) in [5.41, 5.74) is 2.90. The second kappa shape index (κ2) is 8.98. The summed E-state index contributed by atoms with van der Waals surface area (Å²) in [6, 6.07) is 8.33. The number of rotatable bonds is 8. The standard InChI is InChI=1S/C19H24N4O4/c1-12-10-13(2)23(22-12)14(3)11-17(24)21-16-6-4-15(5-7-16)19(27)20-9-8-18(25)26/h4-7,10,14H,8-9,11H2,1-3H3,(H,20,27)(H,21,24)(H,25,26). The number of aryl methyl sites for hydroxylation is 2. The lowest BCUT2D eigenvalue weighted by Gasteiger charge is -2.14. The molecule has 1 heterocycles. The first-order valence-corrected chi connectivity index (χ1v) is 8.69. The van der Waals surface area contributed by atoms with Crippen LogP contribution in [0.3, 0.4) is 0 Å². The number of nitrogens with zero attached hydrogens (tertiary/aromatic N) is 2. The van der Waals surface area contributed by atoms with Crippen LogP contribution >= 0.6 is 0 Å². The molecule has 8 heteroatoms. The molecule has 1 aromatic carbocycles. The first-order valence-electron chi connectivity index (χ1n) is 8.69. The Morgan fingerprint density at radius 1 is 1.19 bits per heavy atom. The predicted octanol–water partition coefficient (Wildman–Crippen LogP) is 2.29. The zero-order chi connectivity index (χ0) is 20.0. The molecule has 0 aliphatic rings. The number of hydrogen-bond acceptors (Lipinski definition) is 4. The summed E-state index contributed by atoms with van der Waals surface area (Å²) < 4.78 is 1.83. The molecule has 2 amide bonds. The van der Waals surface area contributed by atoms with Crippen LogP contribution in [0.1, 0.15) is 47.6 Å². The summed E-state index contributed by atoms with van der Waals surface area (Å²) in [5, 5.41) is 18.3. The topological polar surface area (TPSA) is 113 Å². The van der Waals surface area contributed by atoms with Crippen molar-refractivity contribution in [2.75, 3.05) is 11.9 Å². The van der Waals surface area contributed by atoms with Crippen LogP contribution in [0.4, 0.5) is 5.69 Å². The molecule has 1 atom stereocenters. The van der Waals surface area contributed by atoms with Crippen LogP contribution in [0, 0.1) is 13.8 Å². The molecule has 2 rings (SSSR count). The molecule has 144 valence electrons. The van der Waals surface area contributed by atoms with E-state index < -0.39 is 5.97 Å². The zero-order valence-corrected chi connectivity index (χ0v) is 15.7. The molecule has 8 nitrogen and oxygen atoms in total. The minimum Gasteiger partial charge on any atom is -0.481 e. The van der Waals surface area contributed by atoms with Gasteiger partial charge in [-0.3, -0.25) is 19.1 Å². The molecular formula is C19H24N4O4. The fourth-order valence-electron chi connectivity index (χ4n) is 2.75. The monoisotopic (exact) mass is 372 g/mol. The Hall–Kier alpha value is -3.16. The smallest absolute Gasteiger partial charge is 0.305 e. The van der Waals surface area contributed by atoms with Crippen LogP contribution in [-0.4, -0.2) is 39.2 Å². The van der Waals surface area contributed by atoms with Gasteiger partial charge in [-0.05, 0) is 51.1 Å². The van der Waals surface area contributed by atoms with Gasteiger partial charge in [0.2, 0.25) is 5.91 Å². The number of carbonyl (C=O) groups is 3. The summed E-state index contributed by atoms with van der Waals surface area (Å²) >= 11 is 0. The van der Waals surface area contributed by atoms with E-state index in [1.165, 1.54) is 0 Å². The van der Waals surface area contributed by atoms with Crippen LogP contribution in [0.5, 0.6) is 0 Å². The maximum atomic E-state index is 12.3. The van der Waals surface area contributed by atoms with Crippen molar-refractivity contribution in [1.82, 2.24) is 15.1 Å². The molecular weight excluding hydrogens is 348 g/mol. The highest BCUT2D eigenvalue weighted by atomic mass is 16.4. The van der Waals surface area contributed by atoms with Gasteiger partial charge in [0.1, 0.15) is 0 Å². The molecule has 0 spiro atoms. The predicted molar refractivity (Wildman–Crippen MR) is 101 cm³/mol. The van der Waals surface area contributed by atoms with Crippen molar-refractivity contribution in [3.05, 3.63) is 47.3 Å². The molecule has 2 aromatic rings. The Morgan fingerprint density at radius 2 is 1.85 bits per heavy atom. The third kappa shape index (κ3) is 5.95. The number of aromatic nitrogens is 2. The number of benzene rings is 1. The van der Waals surface area contributed by atoms with Crippen LogP contribution < -0.4 is 10.6 Å². The van der Waals surface area contributed by atoms with Gasteiger partial charge in [-0.2, -0.15) is 5.10 Å². The molecule has 1 unspecified atom stereocenters. The number of aliphatic carboxylic acids is 1. The lowest BCUT2D eigenvalue weighted by atomic mass is 10.1. The Balaban J connectivity index is 1.88. The normalized spacial score (nSPS) is 11.7. The van der Waals surface area contributed by atoms with E-state index in [9.17, 15) is 14.4 Å². The molecule has 1 aromatic heterocycles. The minimum atomic E-state index is -0.969. The SMILES string of the molecule is Cc1cc(C)n(C(C)CC(=O)Nc2ccc(C(=O)NCCC(=O)O)cc2)n1. The average Bonchev–Trinajstić information content (AvgIpc) is 2.93. The fourth-order valence-corrected chi connectivity index (χ4v) is 2.75. The van der Waals surface area contributed by atoms with Crippen molar-refractivity contribution in [2.24, 2.45) is 0 Å². The molecule has 0 aliphatic heterocycles. The van der Waals surface area contributed by atoms with Crippen LogP contribution in [0.2, 0.25) is 0 Å². The van der Waals surface area contributed by atoms with Crippen LogP contribution in [-0.2, 0) is 9.59 Å². The number of anilines is 1. The first-order chi connectivity index (χ1) is 12.8. The van der Waals surface area contributed by atoms with E-state index in [1.54, 1.807) is 24.3 Å². The zero-order valence-electron chi connectivity index (χ0n) is 15.7. The molecule has 0 saturated carbocycles. The molecule has 0 bridgehead atoms. The van der Waals surface area contributed by atoms with Crippen molar-refractivity contribution in [3.63, 3.8) is 0 Å². The van der Waals surface area contributed by atoms with E-state index in [-0.39, 0.29) is 37.2 Å². The number of amides is 2. The number of hydrogen-bond donors (Lipinski definition) is 3. The third-order valence-electron chi connectivity index (χ3n) is 4.00. The molecule has 0 fully saturated rings. The molecule has 0 radical (unpaired) electrons. The lowest BCUT2D eigenvalue weighted by Crippen LogP contribution is -2.26. The highest BCUT2D eigenvalue weighted by Gasteiger charge is 2.14. The summed E-state index contributed by atoms with van der Waals surface area (Å²) in [6.07, 6.45) is 0.146. The van der Waals surface area contributed by atoms with Gasteiger partial charge in [0.15, 0.2) is 0 Å². The lowest BCUT2D eigenvalue weighted by molar-refractivity contribution is -0.136. The van der Waals surface area contributed by atoms with Gasteiger partial charge in [0.25, 0.3) is 5.91 Å². The van der Waals surface area contributed by atoms with Crippen molar-refractivity contribution in [3.8, 4) is 0 Å². The van der Waals surface area contributed by atoms with E-state index in [0.717, 1.165) is 11.4 Å². The maximum Gasteiger partial charge on any atom is 0.305 e. The van der Waals surface area contributed by atoms with Crippen LogP contribution in [0.15, 0.2) is 30.3 Å². The summed E-state index contributed by atoms with van der Waals surface area (Å²) in [6.45, 7) is 5.87. The van der Waals surface area contributed by atoms with E-state index in [4.69, 9.17) is 5.11 Å². The van der Waals surface area contributed by atoms with E-state index in [1.807, 2.05) is 31.5 Å². The average molecular weight is 372 g/mol. The summed E-state index contributed by atoms with van der Waals surface area (Å²) in [5.74, 6) is -1.47. The molecule has 0 aliphatic carbocycles. The summed E-state index contributed by atoms with van der Waals surface area (Å²) in [4.78, 5) is 34.6. The Kier molecular flexibility index (Phi) is 6.70. The Labute approximate surface area is 157 Å². The number of nitrogens with one attached hydrogen (secondary N) is 2. The van der Waals surface area contributed by atoms with Crippen molar-refractivity contribution in [1.29, 1.82) is 0 Å². The van der Waals surface area contributed by atoms with Crippen molar-refractivity contribution < 1.29 is 19.5 Å². The van der Waals surface area contributed by atoms with Gasteiger partial charge in [0, 0.05) is 29.9 Å². The molecule has 27 heavy (non-hydrogen) atoms. The quantitative estimate of drug-likeness (QED) is 0.658. The van der Waals surface area contributed by atoms with E-state index >= 15 is 0 Å². The van der Waals surface area contributed by atoms with Crippen molar-refractivity contribution in [2.45, 2.75) is 39.7 Å². The van der Waals surface area contributed by atoms with Gasteiger partial charge in [-0.15, -0.1) is 0 Å². The highest BCUT2D eigenvalue weighted by Crippen LogP contribution is 2.16.